The molecule has 0 fully saturated rings. The van der Waals surface area contributed by atoms with E-state index < -0.39 is 0 Å². The van der Waals surface area contributed by atoms with Crippen molar-refractivity contribution in [2.45, 2.75) is 33.7 Å². The molecule has 1 nitrogen and oxygen atoms in total. The summed E-state index contributed by atoms with van der Waals surface area (Å²) in [6.07, 6.45) is 0. The number of hydrogen-bond acceptors (Lipinski definition) is 1. The summed E-state index contributed by atoms with van der Waals surface area (Å²) in [5.41, 5.74) is 3.76. The van der Waals surface area contributed by atoms with Crippen molar-refractivity contribution in [2.24, 2.45) is 0 Å². The molecule has 2 heteroatoms. The molecule has 0 aliphatic carbocycles. The number of halogens is 1. The quantitative estimate of drug-likeness (QED) is 0.829. The van der Waals surface area contributed by atoms with Gasteiger partial charge in [0.25, 0.3) is 0 Å². The summed E-state index contributed by atoms with van der Waals surface area (Å²) in [6, 6.07) is 4.81. The van der Waals surface area contributed by atoms with Crippen LogP contribution < -0.4 is 5.32 Å². The zero-order valence-corrected chi connectivity index (χ0v) is 10.2. The number of aryl methyl sites for hydroxylation is 2. The predicted molar refractivity (Wildman–Crippen MR) is 62.4 cm³/mol. The van der Waals surface area contributed by atoms with Gasteiger partial charge in [-0.1, -0.05) is 15.9 Å². The van der Waals surface area contributed by atoms with Crippen molar-refractivity contribution in [3.05, 3.63) is 27.7 Å². The number of hydrogen-bond donors (Lipinski definition) is 1. The Morgan fingerprint density at radius 3 is 2.00 bits per heavy atom. The third-order valence-corrected chi connectivity index (χ3v) is 3.14. The molecular formula is C11H16BrN. The molecule has 0 atom stereocenters. The smallest absolute Gasteiger partial charge is 0.0348 e. The molecule has 13 heavy (non-hydrogen) atoms. The summed E-state index contributed by atoms with van der Waals surface area (Å²) in [6.45, 7) is 8.52. The topological polar surface area (TPSA) is 12.0 Å². The average Bonchev–Trinajstić information content (AvgIpc) is 1.98. The van der Waals surface area contributed by atoms with Crippen molar-refractivity contribution < 1.29 is 0 Å². The van der Waals surface area contributed by atoms with Gasteiger partial charge in [0, 0.05) is 16.2 Å². The lowest BCUT2D eigenvalue weighted by molar-refractivity contribution is 0.899. The number of benzene rings is 1. The van der Waals surface area contributed by atoms with Crippen LogP contribution in [0.4, 0.5) is 5.69 Å². The van der Waals surface area contributed by atoms with Crippen LogP contribution in [0.1, 0.15) is 25.0 Å². The fourth-order valence-corrected chi connectivity index (χ4v) is 1.59. The average molecular weight is 242 g/mol. The van der Waals surface area contributed by atoms with Crippen molar-refractivity contribution in [1.82, 2.24) is 0 Å². The lowest BCUT2D eigenvalue weighted by Gasteiger charge is -2.12. The molecule has 1 aromatic rings. The molecule has 1 aromatic carbocycles. The van der Waals surface area contributed by atoms with Crippen molar-refractivity contribution in [1.29, 1.82) is 0 Å². The van der Waals surface area contributed by atoms with Crippen LogP contribution in [0, 0.1) is 13.8 Å². The maximum absolute atomic E-state index is 3.55. The molecule has 72 valence electrons. The van der Waals surface area contributed by atoms with E-state index in [4.69, 9.17) is 0 Å². The van der Waals surface area contributed by atoms with Gasteiger partial charge in [-0.25, -0.2) is 0 Å². The fraction of sp³-hybridized carbons (Fsp3) is 0.455. The van der Waals surface area contributed by atoms with Crippen molar-refractivity contribution >= 4 is 21.6 Å². The van der Waals surface area contributed by atoms with Gasteiger partial charge in [0.2, 0.25) is 0 Å². The second-order valence-corrected chi connectivity index (χ2v) is 4.52. The lowest BCUT2D eigenvalue weighted by Crippen LogP contribution is -2.09. The van der Waals surface area contributed by atoms with Gasteiger partial charge in [-0.3, -0.25) is 0 Å². The van der Waals surface area contributed by atoms with Gasteiger partial charge in [0.05, 0.1) is 0 Å². The van der Waals surface area contributed by atoms with Crippen molar-refractivity contribution in [2.75, 3.05) is 5.32 Å². The van der Waals surface area contributed by atoms with E-state index in [-0.39, 0.29) is 0 Å². The largest absolute Gasteiger partial charge is 0.383 e. The Kier molecular flexibility index (Phi) is 3.37. The van der Waals surface area contributed by atoms with Crippen LogP contribution in [0.3, 0.4) is 0 Å². The number of anilines is 1. The van der Waals surface area contributed by atoms with Gasteiger partial charge in [-0.2, -0.15) is 0 Å². The first-order valence-electron chi connectivity index (χ1n) is 4.54. The molecule has 0 aliphatic heterocycles. The normalized spacial score (nSPS) is 10.6. The lowest BCUT2D eigenvalue weighted by atomic mass is 10.1. The first kappa shape index (κ1) is 10.6. The molecule has 0 heterocycles. The van der Waals surface area contributed by atoms with E-state index in [0.29, 0.717) is 6.04 Å². The maximum atomic E-state index is 3.55. The molecule has 0 bridgehead atoms. The Bertz CT molecular complexity index is 282. The minimum absolute atomic E-state index is 0.486. The van der Waals surface area contributed by atoms with Gasteiger partial charge < -0.3 is 5.32 Å². The van der Waals surface area contributed by atoms with Crippen LogP contribution in [-0.2, 0) is 0 Å². The Morgan fingerprint density at radius 2 is 1.62 bits per heavy atom. The standard InChI is InChI=1S/C11H16BrN/c1-7(2)13-10-5-8(3)11(12)9(4)6-10/h5-7,13H,1-4H3. The van der Waals surface area contributed by atoms with Crippen LogP contribution in [0.5, 0.6) is 0 Å². The minimum atomic E-state index is 0.486. The first-order chi connectivity index (χ1) is 6.00. The summed E-state index contributed by atoms with van der Waals surface area (Å²) >= 11 is 3.55. The molecular weight excluding hydrogens is 226 g/mol. The zero-order chi connectivity index (χ0) is 10.0. The molecule has 0 aliphatic rings. The van der Waals surface area contributed by atoms with Gasteiger partial charge in [-0.05, 0) is 51.0 Å². The second-order valence-electron chi connectivity index (χ2n) is 3.72. The second kappa shape index (κ2) is 4.14. The van der Waals surface area contributed by atoms with E-state index in [0.717, 1.165) is 0 Å². The highest BCUT2D eigenvalue weighted by atomic mass is 79.9. The fourth-order valence-electron chi connectivity index (χ4n) is 1.36. The Labute approximate surface area is 88.7 Å². The monoisotopic (exact) mass is 241 g/mol. The van der Waals surface area contributed by atoms with Gasteiger partial charge >= 0.3 is 0 Å². The molecule has 0 spiro atoms. The van der Waals surface area contributed by atoms with E-state index in [1.165, 1.54) is 21.3 Å². The van der Waals surface area contributed by atoms with Crippen LogP contribution in [0.15, 0.2) is 16.6 Å². The summed E-state index contributed by atoms with van der Waals surface area (Å²) in [5, 5.41) is 3.39. The summed E-state index contributed by atoms with van der Waals surface area (Å²) < 4.78 is 1.21. The Hall–Kier alpha value is -0.500. The molecule has 1 rings (SSSR count). The van der Waals surface area contributed by atoms with Crippen LogP contribution in [0.25, 0.3) is 0 Å². The first-order valence-corrected chi connectivity index (χ1v) is 5.33. The van der Waals surface area contributed by atoms with Gasteiger partial charge in [0.1, 0.15) is 0 Å². The molecule has 0 saturated carbocycles. The summed E-state index contributed by atoms with van der Waals surface area (Å²) in [5.74, 6) is 0. The summed E-state index contributed by atoms with van der Waals surface area (Å²) in [4.78, 5) is 0. The van der Waals surface area contributed by atoms with E-state index in [9.17, 15) is 0 Å². The molecule has 0 amide bonds. The molecule has 1 N–H and O–H groups in total. The van der Waals surface area contributed by atoms with Gasteiger partial charge in [0.15, 0.2) is 0 Å². The van der Waals surface area contributed by atoms with E-state index >= 15 is 0 Å². The Morgan fingerprint density at radius 1 is 1.15 bits per heavy atom. The van der Waals surface area contributed by atoms with E-state index in [2.05, 4.69) is 61.1 Å². The number of nitrogens with one attached hydrogen (secondary N) is 1. The molecule has 0 saturated heterocycles. The third kappa shape index (κ3) is 2.73. The maximum Gasteiger partial charge on any atom is 0.0348 e. The van der Waals surface area contributed by atoms with Crippen molar-refractivity contribution in [3.8, 4) is 0 Å². The van der Waals surface area contributed by atoms with Crippen LogP contribution in [-0.4, -0.2) is 6.04 Å². The minimum Gasteiger partial charge on any atom is -0.383 e. The zero-order valence-electron chi connectivity index (χ0n) is 8.61. The van der Waals surface area contributed by atoms with Gasteiger partial charge in [-0.15, -0.1) is 0 Å². The highest BCUT2D eigenvalue weighted by Gasteiger charge is 2.02. The molecule has 0 aromatic heterocycles. The SMILES string of the molecule is Cc1cc(NC(C)C)cc(C)c1Br. The predicted octanol–water partition coefficient (Wildman–Crippen LogP) is 3.89. The van der Waals surface area contributed by atoms with Crippen LogP contribution in [0.2, 0.25) is 0 Å². The summed E-state index contributed by atoms with van der Waals surface area (Å²) in [7, 11) is 0. The van der Waals surface area contributed by atoms with Crippen molar-refractivity contribution in [3.63, 3.8) is 0 Å². The highest BCUT2D eigenvalue weighted by molar-refractivity contribution is 9.10. The van der Waals surface area contributed by atoms with E-state index in [1.807, 2.05) is 0 Å². The number of rotatable bonds is 2. The third-order valence-electron chi connectivity index (χ3n) is 1.89. The van der Waals surface area contributed by atoms with E-state index in [1.54, 1.807) is 0 Å². The molecule has 0 radical (unpaired) electrons. The highest BCUT2D eigenvalue weighted by Crippen LogP contribution is 2.25. The van der Waals surface area contributed by atoms with Crippen LogP contribution >= 0.6 is 15.9 Å². The molecule has 0 unspecified atom stereocenters. The Balaban J connectivity index is 2.99.